The summed E-state index contributed by atoms with van der Waals surface area (Å²) in [5.74, 6) is 0.888. The number of fused-ring (bicyclic) bond motifs is 1. The largest absolute Gasteiger partial charge is 0.508 e. The van der Waals surface area contributed by atoms with Gasteiger partial charge >= 0.3 is 0 Å². The molecular weight excluding hydrogens is 344 g/mol. The minimum absolute atomic E-state index is 0.0290. The van der Waals surface area contributed by atoms with Gasteiger partial charge in [-0.1, -0.05) is 0 Å². The van der Waals surface area contributed by atoms with Crippen molar-refractivity contribution in [2.75, 3.05) is 33.4 Å². The third kappa shape index (κ3) is 3.02. The van der Waals surface area contributed by atoms with Crippen LogP contribution in [0.25, 0.3) is 16.6 Å². The highest BCUT2D eigenvalue weighted by Crippen LogP contribution is 2.33. The van der Waals surface area contributed by atoms with Crippen LogP contribution in [0.2, 0.25) is 0 Å². The van der Waals surface area contributed by atoms with E-state index >= 15 is 0 Å². The summed E-state index contributed by atoms with van der Waals surface area (Å²) in [6.07, 6.45) is 0. The summed E-state index contributed by atoms with van der Waals surface area (Å²) in [5, 5.41) is 10.8. The van der Waals surface area contributed by atoms with Crippen LogP contribution < -0.4 is 4.74 Å². The van der Waals surface area contributed by atoms with Crippen LogP contribution in [0, 0.1) is 6.92 Å². The fourth-order valence-corrected chi connectivity index (χ4v) is 3.67. The van der Waals surface area contributed by atoms with E-state index in [0.29, 0.717) is 31.9 Å². The molecule has 0 bridgehead atoms. The monoisotopic (exact) mass is 366 g/mol. The zero-order valence-corrected chi connectivity index (χ0v) is 15.4. The highest BCUT2D eigenvalue weighted by atomic mass is 16.5. The van der Waals surface area contributed by atoms with Crippen molar-refractivity contribution in [3.8, 4) is 17.2 Å². The summed E-state index contributed by atoms with van der Waals surface area (Å²) >= 11 is 0. The number of aromatic nitrogens is 1. The van der Waals surface area contributed by atoms with Crippen LogP contribution in [-0.4, -0.2) is 53.9 Å². The number of amides is 1. The van der Waals surface area contributed by atoms with Gasteiger partial charge in [-0.15, -0.1) is 0 Å². The molecule has 1 saturated heterocycles. The van der Waals surface area contributed by atoms with Gasteiger partial charge in [-0.2, -0.15) is 0 Å². The van der Waals surface area contributed by atoms with Gasteiger partial charge in [0.25, 0.3) is 5.91 Å². The number of hydrogen-bond donors (Lipinski definition) is 1. The van der Waals surface area contributed by atoms with Crippen molar-refractivity contribution in [3.05, 3.63) is 53.7 Å². The lowest BCUT2D eigenvalue weighted by molar-refractivity contribution is 0.0303. The van der Waals surface area contributed by atoms with E-state index in [1.807, 2.05) is 46.7 Å². The van der Waals surface area contributed by atoms with E-state index in [1.54, 1.807) is 19.2 Å². The molecule has 3 aromatic rings. The van der Waals surface area contributed by atoms with E-state index in [9.17, 15) is 9.90 Å². The number of ether oxygens (including phenoxy) is 2. The molecule has 4 rings (SSSR count). The molecule has 2 heterocycles. The van der Waals surface area contributed by atoms with Gasteiger partial charge in [0.15, 0.2) is 0 Å². The molecule has 0 atom stereocenters. The van der Waals surface area contributed by atoms with Crippen LogP contribution >= 0.6 is 0 Å². The third-order valence-electron chi connectivity index (χ3n) is 5.03. The predicted octanol–water partition coefficient (Wildman–Crippen LogP) is 3.13. The first-order valence-corrected chi connectivity index (χ1v) is 8.95. The van der Waals surface area contributed by atoms with Gasteiger partial charge in [-0.3, -0.25) is 4.79 Å². The highest BCUT2D eigenvalue weighted by Gasteiger charge is 2.26. The van der Waals surface area contributed by atoms with Gasteiger partial charge in [0.05, 0.1) is 31.4 Å². The fraction of sp³-hybridized carbons (Fsp3) is 0.286. The third-order valence-corrected chi connectivity index (χ3v) is 5.03. The van der Waals surface area contributed by atoms with Gasteiger partial charge in [0, 0.05) is 29.9 Å². The Kier molecular flexibility index (Phi) is 4.49. The average Bonchev–Trinajstić information content (AvgIpc) is 2.99. The number of carbonyl (C=O) groups is 1. The summed E-state index contributed by atoms with van der Waals surface area (Å²) < 4.78 is 12.7. The van der Waals surface area contributed by atoms with Crippen LogP contribution in [0.3, 0.4) is 0 Å². The molecule has 0 unspecified atom stereocenters. The van der Waals surface area contributed by atoms with Gasteiger partial charge in [0.2, 0.25) is 0 Å². The molecule has 1 fully saturated rings. The maximum absolute atomic E-state index is 13.2. The van der Waals surface area contributed by atoms with Crippen molar-refractivity contribution in [3.63, 3.8) is 0 Å². The standard InChI is InChI=1S/C21H22N2O4/c1-14-20(21(25)22-9-11-27-12-10-22)18-13-16(24)5-8-19(18)23(14)15-3-6-17(26-2)7-4-15/h3-8,13,24H,9-12H2,1-2H3. The Morgan fingerprint density at radius 3 is 2.48 bits per heavy atom. The number of phenolic OH excluding ortho intramolecular Hbond substituents is 1. The smallest absolute Gasteiger partial charge is 0.256 e. The molecule has 27 heavy (non-hydrogen) atoms. The number of carbonyl (C=O) groups excluding carboxylic acids is 1. The van der Waals surface area contributed by atoms with Crippen molar-refractivity contribution in [2.45, 2.75) is 6.92 Å². The van der Waals surface area contributed by atoms with Crippen molar-refractivity contribution < 1.29 is 19.4 Å². The predicted molar refractivity (Wildman–Crippen MR) is 103 cm³/mol. The Bertz CT molecular complexity index is 986. The molecule has 0 aliphatic carbocycles. The number of methoxy groups -OCH3 is 1. The van der Waals surface area contributed by atoms with Gasteiger partial charge < -0.3 is 24.0 Å². The number of rotatable bonds is 3. The molecule has 6 nitrogen and oxygen atoms in total. The first kappa shape index (κ1) is 17.4. The summed E-state index contributed by atoms with van der Waals surface area (Å²) in [7, 11) is 1.63. The molecule has 1 amide bonds. The molecule has 2 aromatic carbocycles. The van der Waals surface area contributed by atoms with E-state index in [-0.39, 0.29) is 11.7 Å². The molecule has 0 saturated carbocycles. The van der Waals surface area contributed by atoms with Gasteiger partial charge in [-0.05, 0) is 49.4 Å². The Balaban J connectivity index is 1.89. The molecular formula is C21H22N2O4. The molecule has 6 heteroatoms. The Hall–Kier alpha value is -2.99. The Labute approximate surface area is 157 Å². The van der Waals surface area contributed by atoms with Crippen molar-refractivity contribution in [1.29, 1.82) is 0 Å². The van der Waals surface area contributed by atoms with Crippen LogP contribution in [-0.2, 0) is 4.74 Å². The van der Waals surface area contributed by atoms with Crippen LogP contribution in [0.4, 0.5) is 0 Å². The number of morpholine rings is 1. The van der Waals surface area contributed by atoms with Crippen LogP contribution in [0.1, 0.15) is 16.1 Å². The van der Waals surface area contributed by atoms with Crippen LogP contribution in [0.15, 0.2) is 42.5 Å². The van der Waals surface area contributed by atoms with E-state index < -0.39 is 0 Å². The summed E-state index contributed by atoms with van der Waals surface area (Å²) in [6.45, 7) is 4.19. The zero-order valence-electron chi connectivity index (χ0n) is 15.4. The lowest BCUT2D eigenvalue weighted by Gasteiger charge is -2.27. The minimum atomic E-state index is -0.0290. The summed E-state index contributed by atoms with van der Waals surface area (Å²) in [6, 6.07) is 12.9. The van der Waals surface area contributed by atoms with Gasteiger partial charge in [0.1, 0.15) is 11.5 Å². The molecule has 0 spiro atoms. The van der Waals surface area contributed by atoms with Crippen molar-refractivity contribution in [2.24, 2.45) is 0 Å². The minimum Gasteiger partial charge on any atom is -0.508 e. The first-order valence-electron chi connectivity index (χ1n) is 8.95. The number of hydrogen-bond acceptors (Lipinski definition) is 4. The second kappa shape index (κ2) is 6.96. The number of benzene rings is 2. The average molecular weight is 366 g/mol. The second-order valence-corrected chi connectivity index (χ2v) is 6.60. The molecule has 1 aliphatic heterocycles. The second-order valence-electron chi connectivity index (χ2n) is 6.60. The maximum Gasteiger partial charge on any atom is 0.256 e. The number of phenols is 1. The van der Waals surface area contributed by atoms with E-state index in [0.717, 1.165) is 28.0 Å². The summed E-state index contributed by atoms with van der Waals surface area (Å²) in [5.41, 5.74) is 3.29. The van der Waals surface area contributed by atoms with E-state index in [1.165, 1.54) is 0 Å². The molecule has 1 aromatic heterocycles. The van der Waals surface area contributed by atoms with Crippen molar-refractivity contribution in [1.82, 2.24) is 9.47 Å². The zero-order chi connectivity index (χ0) is 19.0. The normalized spacial score (nSPS) is 14.5. The molecule has 1 aliphatic rings. The molecule has 140 valence electrons. The van der Waals surface area contributed by atoms with Crippen LogP contribution in [0.5, 0.6) is 11.5 Å². The fourth-order valence-electron chi connectivity index (χ4n) is 3.67. The van der Waals surface area contributed by atoms with E-state index in [2.05, 4.69) is 0 Å². The number of nitrogens with zero attached hydrogens (tertiary/aromatic N) is 2. The highest BCUT2D eigenvalue weighted by molar-refractivity contribution is 6.09. The number of aromatic hydroxyl groups is 1. The first-order chi connectivity index (χ1) is 13.1. The molecule has 0 radical (unpaired) electrons. The topological polar surface area (TPSA) is 63.9 Å². The lowest BCUT2D eigenvalue weighted by Crippen LogP contribution is -2.40. The Morgan fingerprint density at radius 2 is 1.81 bits per heavy atom. The molecule has 1 N–H and O–H groups in total. The lowest BCUT2D eigenvalue weighted by atomic mass is 10.1. The van der Waals surface area contributed by atoms with E-state index in [4.69, 9.17) is 9.47 Å². The quantitative estimate of drug-likeness (QED) is 0.774. The SMILES string of the molecule is COc1ccc(-n2c(C)c(C(=O)N3CCOCC3)c3cc(O)ccc32)cc1. The van der Waals surface area contributed by atoms with Gasteiger partial charge in [-0.25, -0.2) is 0 Å². The van der Waals surface area contributed by atoms with Crippen molar-refractivity contribution >= 4 is 16.8 Å². The maximum atomic E-state index is 13.2. The Morgan fingerprint density at radius 1 is 1.11 bits per heavy atom. The summed E-state index contributed by atoms with van der Waals surface area (Å²) in [4.78, 5) is 15.1.